The molecule has 0 spiro atoms. The average molecular weight is 595 g/mol. The lowest BCUT2D eigenvalue weighted by atomic mass is 10.1. The third-order valence-electron chi connectivity index (χ3n) is 5.39. The maximum atomic E-state index is 12.2. The first-order valence-electron chi connectivity index (χ1n) is 11.0. The molecule has 0 atom stereocenters. The fourth-order valence-electron chi connectivity index (χ4n) is 3.67. The van der Waals surface area contributed by atoms with Crippen molar-refractivity contribution < 1.29 is 19.2 Å². The number of carbonyl (C=O) groups excluding carboxylic acids is 1. The Morgan fingerprint density at radius 2 is 1.81 bits per heavy atom. The van der Waals surface area contributed by atoms with E-state index in [9.17, 15) is 14.9 Å². The number of carbonyl (C=O) groups is 1. The molecular formula is C27H22IN3O5. The molecule has 182 valence electrons. The molecule has 36 heavy (non-hydrogen) atoms. The van der Waals surface area contributed by atoms with Crippen LogP contribution in [-0.4, -0.2) is 24.2 Å². The van der Waals surface area contributed by atoms with Gasteiger partial charge in [0.2, 0.25) is 5.91 Å². The van der Waals surface area contributed by atoms with Gasteiger partial charge >= 0.3 is 0 Å². The SMILES string of the molecule is COc1cc(/C=N/NC(=O)Cc2ccccc2[N+](=O)[O-])cc(I)c1OCc1ccc2ccccc2c1. The number of benzene rings is 4. The van der Waals surface area contributed by atoms with Gasteiger partial charge in [0, 0.05) is 11.6 Å². The van der Waals surface area contributed by atoms with Crippen LogP contribution in [0.4, 0.5) is 5.69 Å². The van der Waals surface area contributed by atoms with Gasteiger partial charge in [-0.3, -0.25) is 14.9 Å². The molecular weight excluding hydrogens is 573 g/mol. The number of fused-ring (bicyclic) bond motifs is 1. The van der Waals surface area contributed by atoms with E-state index in [1.54, 1.807) is 31.4 Å². The molecule has 8 nitrogen and oxygen atoms in total. The highest BCUT2D eigenvalue weighted by atomic mass is 127. The molecule has 9 heteroatoms. The fourth-order valence-corrected chi connectivity index (χ4v) is 4.45. The van der Waals surface area contributed by atoms with Crippen LogP contribution in [0.1, 0.15) is 16.7 Å². The summed E-state index contributed by atoms with van der Waals surface area (Å²) >= 11 is 2.16. The number of nitrogens with one attached hydrogen (secondary N) is 1. The number of nitro groups is 1. The Morgan fingerprint density at radius 1 is 1.06 bits per heavy atom. The van der Waals surface area contributed by atoms with Crippen molar-refractivity contribution in [2.45, 2.75) is 13.0 Å². The second-order valence-corrected chi connectivity index (χ2v) is 9.02. The molecule has 0 aliphatic rings. The first-order chi connectivity index (χ1) is 17.4. The lowest BCUT2D eigenvalue weighted by Crippen LogP contribution is -2.20. The highest BCUT2D eigenvalue weighted by molar-refractivity contribution is 14.1. The molecule has 0 fully saturated rings. The van der Waals surface area contributed by atoms with E-state index >= 15 is 0 Å². The maximum Gasteiger partial charge on any atom is 0.273 e. The molecule has 0 heterocycles. The number of para-hydroxylation sites is 1. The van der Waals surface area contributed by atoms with E-state index in [0.29, 0.717) is 29.2 Å². The van der Waals surface area contributed by atoms with Crippen LogP contribution >= 0.6 is 22.6 Å². The van der Waals surface area contributed by atoms with Crippen molar-refractivity contribution in [2.75, 3.05) is 7.11 Å². The minimum Gasteiger partial charge on any atom is -0.493 e. The largest absolute Gasteiger partial charge is 0.493 e. The van der Waals surface area contributed by atoms with Crippen LogP contribution in [0, 0.1) is 13.7 Å². The van der Waals surface area contributed by atoms with Crippen LogP contribution in [0.25, 0.3) is 10.8 Å². The molecule has 4 aromatic carbocycles. The van der Waals surface area contributed by atoms with Gasteiger partial charge in [0.15, 0.2) is 11.5 Å². The van der Waals surface area contributed by atoms with Gasteiger partial charge in [-0.15, -0.1) is 0 Å². The quantitative estimate of drug-likeness (QED) is 0.117. The van der Waals surface area contributed by atoms with Crippen molar-refractivity contribution in [3.63, 3.8) is 0 Å². The van der Waals surface area contributed by atoms with Crippen molar-refractivity contribution in [1.82, 2.24) is 5.43 Å². The van der Waals surface area contributed by atoms with Crippen LogP contribution in [0.2, 0.25) is 0 Å². The summed E-state index contributed by atoms with van der Waals surface area (Å²) in [6.07, 6.45) is 1.33. The number of ether oxygens (including phenoxy) is 2. The van der Waals surface area contributed by atoms with E-state index in [-0.39, 0.29) is 12.1 Å². The zero-order valence-corrected chi connectivity index (χ0v) is 21.5. The topological polar surface area (TPSA) is 103 Å². The van der Waals surface area contributed by atoms with Gasteiger partial charge in [-0.25, -0.2) is 5.43 Å². The molecule has 0 unspecified atom stereocenters. The van der Waals surface area contributed by atoms with Crippen molar-refractivity contribution in [2.24, 2.45) is 5.10 Å². The molecule has 0 saturated heterocycles. The first-order valence-corrected chi connectivity index (χ1v) is 12.0. The van der Waals surface area contributed by atoms with Crippen molar-refractivity contribution in [1.29, 1.82) is 0 Å². The van der Waals surface area contributed by atoms with E-state index < -0.39 is 10.8 Å². The van der Waals surface area contributed by atoms with Crippen molar-refractivity contribution in [3.8, 4) is 11.5 Å². The summed E-state index contributed by atoms with van der Waals surface area (Å²) in [6.45, 7) is 0.381. The Morgan fingerprint density at radius 3 is 2.58 bits per heavy atom. The van der Waals surface area contributed by atoms with Crippen molar-refractivity contribution in [3.05, 3.63) is 109 Å². The summed E-state index contributed by atoms with van der Waals surface area (Å²) in [7, 11) is 1.56. The van der Waals surface area contributed by atoms with Crippen LogP contribution in [0.5, 0.6) is 11.5 Å². The van der Waals surface area contributed by atoms with Gasteiger partial charge in [0.1, 0.15) is 6.61 Å². The second kappa shape index (κ2) is 11.6. The lowest BCUT2D eigenvalue weighted by Gasteiger charge is -2.14. The van der Waals surface area contributed by atoms with Gasteiger partial charge in [-0.2, -0.15) is 5.10 Å². The highest BCUT2D eigenvalue weighted by Crippen LogP contribution is 2.34. The minimum absolute atomic E-state index is 0.102. The molecule has 0 aliphatic heterocycles. The molecule has 4 aromatic rings. The number of amides is 1. The number of rotatable bonds is 9. The minimum atomic E-state index is -0.510. The number of methoxy groups -OCH3 is 1. The average Bonchev–Trinajstić information content (AvgIpc) is 2.87. The van der Waals surface area contributed by atoms with Crippen molar-refractivity contribution >= 4 is 51.2 Å². The maximum absolute atomic E-state index is 12.2. The smallest absolute Gasteiger partial charge is 0.273 e. The predicted octanol–water partition coefficient (Wildman–Crippen LogP) is 5.63. The number of hydrazone groups is 1. The number of nitrogens with zero attached hydrogens (tertiary/aromatic N) is 2. The number of halogens is 1. The van der Waals surface area contributed by atoms with E-state index in [1.807, 2.05) is 24.3 Å². The van der Waals surface area contributed by atoms with Gasteiger partial charge in [0.25, 0.3) is 5.69 Å². The summed E-state index contributed by atoms with van der Waals surface area (Å²) < 4.78 is 12.4. The zero-order chi connectivity index (χ0) is 25.5. The molecule has 0 aromatic heterocycles. The van der Waals surface area contributed by atoms with Gasteiger partial charge in [-0.1, -0.05) is 54.6 Å². The Kier molecular flexibility index (Phi) is 8.11. The molecule has 1 amide bonds. The van der Waals surface area contributed by atoms with Gasteiger partial charge in [0.05, 0.1) is 28.2 Å². The van der Waals surface area contributed by atoms with Crippen LogP contribution in [0.3, 0.4) is 0 Å². The van der Waals surface area contributed by atoms with Gasteiger partial charge < -0.3 is 9.47 Å². The molecule has 0 radical (unpaired) electrons. The Bertz CT molecular complexity index is 1450. The van der Waals surface area contributed by atoms with Crippen LogP contribution in [-0.2, 0) is 17.8 Å². The Hall–Kier alpha value is -3.99. The van der Waals surface area contributed by atoms with E-state index in [2.05, 4.69) is 57.4 Å². The van der Waals surface area contributed by atoms with E-state index in [1.165, 1.54) is 17.7 Å². The molecule has 0 bridgehead atoms. The fraction of sp³-hybridized carbons (Fsp3) is 0.111. The molecule has 0 aliphatic carbocycles. The second-order valence-electron chi connectivity index (χ2n) is 7.86. The molecule has 4 rings (SSSR count). The predicted molar refractivity (Wildman–Crippen MR) is 147 cm³/mol. The third kappa shape index (κ3) is 6.16. The summed E-state index contributed by atoms with van der Waals surface area (Å²) in [5.41, 5.74) is 4.36. The summed E-state index contributed by atoms with van der Waals surface area (Å²) in [5.74, 6) is 0.691. The summed E-state index contributed by atoms with van der Waals surface area (Å²) in [6, 6.07) is 24.1. The number of nitro benzene ring substituents is 1. The number of hydrogen-bond acceptors (Lipinski definition) is 6. The van der Waals surface area contributed by atoms with E-state index in [0.717, 1.165) is 14.5 Å². The highest BCUT2D eigenvalue weighted by Gasteiger charge is 2.15. The zero-order valence-electron chi connectivity index (χ0n) is 19.3. The molecule has 0 saturated carbocycles. The Labute approximate surface area is 221 Å². The van der Waals surface area contributed by atoms with E-state index in [4.69, 9.17) is 9.47 Å². The van der Waals surface area contributed by atoms with Crippen LogP contribution < -0.4 is 14.9 Å². The third-order valence-corrected chi connectivity index (χ3v) is 6.19. The Balaban J connectivity index is 1.41. The molecule has 1 N–H and O–H groups in total. The normalized spacial score (nSPS) is 10.9. The number of hydrogen-bond donors (Lipinski definition) is 1. The first kappa shape index (κ1) is 25.1. The standard InChI is InChI=1S/C27H22IN3O5/c1-35-25-14-19(16-29-30-26(32)15-22-8-4-5-9-24(22)31(33)34)13-23(28)27(25)36-17-18-10-11-20-6-2-3-7-21(20)12-18/h2-14,16H,15,17H2,1H3,(H,30,32)/b29-16+. The van der Waals surface area contributed by atoms with Crippen LogP contribution in [0.15, 0.2) is 84.0 Å². The monoisotopic (exact) mass is 595 g/mol. The summed E-state index contributed by atoms with van der Waals surface area (Å²) in [4.78, 5) is 22.8. The van der Waals surface area contributed by atoms with Gasteiger partial charge in [-0.05, 0) is 62.7 Å². The summed E-state index contributed by atoms with van der Waals surface area (Å²) in [5, 5.41) is 17.4. The lowest BCUT2D eigenvalue weighted by molar-refractivity contribution is -0.385.